The summed E-state index contributed by atoms with van der Waals surface area (Å²) in [6, 6.07) is 6.28. The van der Waals surface area contributed by atoms with E-state index in [1.54, 1.807) is 6.20 Å². The van der Waals surface area contributed by atoms with Crippen LogP contribution in [0.2, 0.25) is 0 Å². The van der Waals surface area contributed by atoms with Gasteiger partial charge in [0.1, 0.15) is 0 Å². The predicted molar refractivity (Wildman–Crippen MR) is 84.7 cm³/mol. The van der Waals surface area contributed by atoms with Crippen LogP contribution in [-0.4, -0.2) is 21.7 Å². The summed E-state index contributed by atoms with van der Waals surface area (Å²) in [5.41, 5.74) is 10.6. The second-order valence-electron chi connectivity index (χ2n) is 5.56. The maximum atomic E-state index is 11.0. The monoisotopic (exact) mass is 286 g/mol. The zero-order chi connectivity index (χ0) is 15.6. The second-order valence-corrected chi connectivity index (χ2v) is 5.56. The number of aryl methyl sites for hydroxylation is 2. The highest BCUT2D eigenvalue weighted by molar-refractivity contribution is 5.75. The Hall–Kier alpha value is -2.30. The Bertz CT molecular complexity index is 660. The lowest BCUT2D eigenvalue weighted by Gasteiger charge is -2.14. The molecule has 5 nitrogen and oxygen atoms in total. The molecular weight excluding hydrogens is 264 g/mol. The van der Waals surface area contributed by atoms with Crippen molar-refractivity contribution >= 4 is 11.6 Å². The normalized spacial score (nSPS) is 12.2. The number of nitrogens with one attached hydrogen (secondary N) is 1. The number of carbonyl (C=O) groups excluding carboxylic acids is 1. The molecule has 2 aromatic rings. The smallest absolute Gasteiger partial charge is 0.219 e. The van der Waals surface area contributed by atoms with Gasteiger partial charge in [0.05, 0.1) is 23.3 Å². The summed E-state index contributed by atoms with van der Waals surface area (Å²) in [7, 11) is 0. The molecule has 1 aromatic heterocycles. The van der Waals surface area contributed by atoms with Crippen LogP contribution in [0.5, 0.6) is 0 Å². The minimum atomic E-state index is -0.311. The van der Waals surface area contributed by atoms with Crippen molar-refractivity contribution in [2.24, 2.45) is 5.73 Å². The number of benzene rings is 1. The van der Waals surface area contributed by atoms with E-state index in [1.807, 2.05) is 18.5 Å². The van der Waals surface area contributed by atoms with E-state index in [0.717, 1.165) is 17.1 Å². The highest BCUT2D eigenvalue weighted by Gasteiger charge is 2.13. The van der Waals surface area contributed by atoms with E-state index in [-0.39, 0.29) is 11.9 Å². The lowest BCUT2D eigenvalue weighted by molar-refractivity contribution is -0.118. The molecule has 2 rings (SSSR count). The Balaban J connectivity index is 2.28. The van der Waals surface area contributed by atoms with Crippen molar-refractivity contribution in [3.8, 4) is 5.69 Å². The zero-order valence-corrected chi connectivity index (χ0v) is 13.0. The molecule has 0 spiro atoms. The summed E-state index contributed by atoms with van der Waals surface area (Å²) < 4.78 is 1.92. The molecule has 21 heavy (non-hydrogen) atoms. The minimum absolute atomic E-state index is 0.0162. The van der Waals surface area contributed by atoms with Crippen molar-refractivity contribution in [1.82, 2.24) is 9.78 Å². The Kier molecular flexibility index (Phi) is 4.31. The van der Waals surface area contributed by atoms with E-state index in [1.165, 1.54) is 11.1 Å². The van der Waals surface area contributed by atoms with E-state index in [2.05, 4.69) is 42.5 Å². The van der Waals surface area contributed by atoms with Gasteiger partial charge in [0.2, 0.25) is 5.91 Å². The fourth-order valence-corrected chi connectivity index (χ4v) is 2.36. The summed E-state index contributed by atoms with van der Waals surface area (Å²) in [5, 5.41) is 7.74. The summed E-state index contributed by atoms with van der Waals surface area (Å²) in [6.07, 6.45) is 2.09. The second kappa shape index (κ2) is 5.99. The molecule has 1 aromatic carbocycles. The molecule has 0 bridgehead atoms. The van der Waals surface area contributed by atoms with Crippen LogP contribution in [0.4, 0.5) is 5.69 Å². The van der Waals surface area contributed by atoms with Crippen LogP contribution in [0.25, 0.3) is 5.69 Å². The topological polar surface area (TPSA) is 72.9 Å². The molecule has 0 unspecified atom stereocenters. The zero-order valence-electron chi connectivity index (χ0n) is 13.0. The summed E-state index contributed by atoms with van der Waals surface area (Å²) in [4.78, 5) is 11.0. The first kappa shape index (κ1) is 15.1. The van der Waals surface area contributed by atoms with Gasteiger partial charge in [0.15, 0.2) is 0 Å². The molecule has 1 amide bonds. The van der Waals surface area contributed by atoms with Crippen LogP contribution in [0.3, 0.4) is 0 Å². The van der Waals surface area contributed by atoms with Gasteiger partial charge in [-0.05, 0) is 44.9 Å². The van der Waals surface area contributed by atoms with Gasteiger partial charge in [0.25, 0.3) is 0 Å². The Labute approximate surface area is 125 Å². The fraction of sp³-hybridized carbons (Fsp3) is 0.375. The third-order valence-electron chi connectivity index (χ3n) is 3.51. The quantitative estimate of drug-likeness (QED) is 0.887. The van der Waals surface area contributed by atoms with Crippen molar-refractivity contribution in [2.75, 3.05) is 5.32 Å². The molecule has 0 saturated carbocycles. The van der Waals surface area contributed by atoms with Crippen LogP contribution >= 0.6 is 0 Å². The number of hydrogen-bond acceptors (Lipinski definition) is 3. The Morgan fingerprint density at radius 2 is 2.10 bits per heavy atom. The lowest BCUT2D eigenvalue weighted by Crippen LogP contribution is -2.24. The van der Waals surface area contributed by atoms with Gasteiger partial charge in [-0.2, -0.15) is 5.10 Å². The number of anilines is 1. The van der Waals surface area contributed by atoms with E-state index in [0.29, 0.717) is 6.42 Å². The molecule has 1 heterocycles. The molecule has 112 valence electrons. The lowest BCUT2D eigenvalue weighted by atomic mass is 10.1. The summed E-state index contributed by atoms with van der Waals surface area (Å²) in [6.45, 7) is 8.07. The molecular formula is C16H22N4O. The molecule has 0 aliphatic carbocycles. The molecule has 1 atom stereocenters. The van der Waals surface area contributed by atoms with E-state index >= 15 is 0 Å². The molecule has 5 heteroatoms. The number of nitrogens with zero attached hydrogens (tertiary/aromatic N) is 2. The Morgan fingerprint density at radius 1 is 1.38 bits per heavy atom. The van der Waals surface area contributed by atoms with Gasteiger partial charge in [-0.3, -0.25) is 4.79 Å². The molecule has 0 saturated heterocycles. The van der Waals surface area contributed by atoms with Crippen LogP contribution in [0.15, 0.2) is 24.4 Å². The van der Waals surface area contributed by atoms with Crippen molar-refractivity contribution in [3.63, 3.8) is 0 Å². The number of nitrogens with two attached hydrogens (primary N) is 1. The van der Waals surface area contributed by atoms with Crippen molar-refractivity contribution in [2.45, 2.75) is 40.2 Å². The predicted octanol–water partition coefficient (Wildman–Crippen LogP) is 2.47. The standard InChI is InChI=1S/C16H22N4O/c1-10-5-6-11(2)15(7-10)20-13(4)14(9-18-20)19-12(3)8-16(17)21/h5-7,9,12,19H,8H2,1-4H3,(H2,17,21)/t12-/m0/s1. The molecule has 0 radical (unpaired) electrons. The van der Waals surface area contributed by atoms with Gasteiger partial charge in [0, 0.05) is 12.5 Å². The average Bonchev–Trinajstić information content (AvgIpc) is 2.73. The van der Waals surface area contributed by atoms with Crippen LogP contribution in [0, 0.1) is 20.8 Å². The van der Waals surface area contributed by atoms with Gasteiger partial charge in [-0.1, -0.05) is 12.1 Å². The first-order valence-corrected chi connectivity index (χ1v) is 7.05. The van der Waals surface area contributed by atoms with Gasteiger partial charge in [-0.15, -0.1) is 0 Å². The fourth-order valence-electron chi connectivity index (χ4n) is 2.36. The SMILES string of the molecule is Cc1ccc(C)c(-n2ncc(N[C@@H](C)CC(N)=O)c2C)c1. The molecule has 0 fully saturated rings. The van der Waals surface area contributed by atoms with E-state index in [9.17, 15) is 4.79 Å². The molecule has 0 aliphatic heterocycles. The number of hydrogen-bond donors (Lipinski definition) is 2. The summed E-state index contributed by atoms with van der Waals surface area (Å²) in [5.74, 6) is -0.311. The van der Waals surface area contributed by atoms with Gasteiger partial charge >= 0.3 is 0 Å². The summed E-state index contributed by atoms with van der Waals surface area (Å²) >= 11 is 0. The van der Waals surface area contributed by atoms with E-state index in [4.69, 9.17) is 5.73 Å². The van der Waals surface area contributed by atoms with Crippen molar-refractivity contribution in [1.29, 1.82) is 0 Å². The van der Waals surface area contributed by atoms with Crippen LogP contribution in [0.1, 0.15) is 30.2 Å². The third kappa shape index (κ3) is 3.42. The third-order valence-corrected chi connectivity index (χ3v) is 3.51. The highest BCUT2D eigenvalue weighted by Crippen LogP contribution is 2.22. The maximum absolute atomic E-state index is 11.0. The number of rotatable bonds is 5. The number of aromatic nitrogens is 2. The van der Waals surface area contributed by atoms with Gasteiger partial charge < -0.3 is 11.1 Å². The maximum Gasteiger partial charge on any atom is 0.219 e. The van der Waals surface area contributed by atoms with Crippen molar-refractivity contribution in [3.05, 3.63) is 41.2 Å². The highest BCUT2D eigenvalue weighted by atomic mass is 16.1. The number of carbonyl (C=O) groups is 1. The molecule has 3 N–H and O–H groups in total. The minimum Gasteiger partial charge on any atom is -0.379 e. The molecule has 0 aliphatic rings. The first-order valence-electron chi connectivity index (χ1n) is 7.05. The Morgan fingerprint density at radius 3 is 2.76 bits per heavy atom. The van der Waals surface area contributed by atoms with Crippen LogP contribution < -0.4 is 11.1 Å². The van der Waals surface area contributed by atoms with E-state index < -0.39 is 0 Å². The van der Waals surface area contributed by atoms with Gasteiger partial charge in [-0.25, -0.2) is 4.68 Å². The average molecular weight is 286 g/mol. The number of amides is 1. The largest absolute Gasteiger partial charge is 0.379 e. The van der Waals surface area contributed by atoms with Crippen LogP contribution in [-0.2, 0) is 4.79 Å². The van der Waals surface area contributed by atoms with Crippen molar-refractivity contribution < 1.29 is 4.79 Å². The first-order chi connectivity index (χ1) is 9.88. The number of primary amides is 1.